The highest BCUT2D eigenvalue weighted by Crippen LogP contribution is 2.35. The molecule has 0 aliphatic carbocycles. The first-order valence-corrected chi connectivity index (χ1v) is 12.2. The summed E-state index contributed by atoms with van der Waals surface area (Å²) in [5.41, 5.74) is 1.42. The van der Waals surface area contributed by atoms with Crippen LogP contribution in [-0.2, 0) is 28.7 Å². The Morgan fingerprint density at radius 2 is 1.38 bits per heavy atom. The molecule has 2 aromatic rings. The first kappa shape index (κ1) is 32.7. The van der Waals surface area contributed by atoms with Gasteiger partial charge in [0, 0.05) is 31.1 Å². The van der Waals surface area contributed by atoms with Gasteiger partial charge in [-0.25, -0.2) is 24.0 Å². The SMILES string of the molecule is CCOC(=O)c1cc(-c2ccccc2)sc1NC(=O)CN1CCN(C)CC1.O=C(O)C(=O)O.O=C(O)C(=O)O. The van der Waals surface area contributed by atoms with Crippen molar-refractivity contribution in [3.05, 3.63) is 42.0 Å². The van der Waals surface area contributed by atoms with Crippen LogP contribution in [-0.4, -0.2) is 112 Å². The van der Waals surface area contributed by atoms with Gasteiger partial charge in [-0.05, 0) is 25.6 Å². The molecule has 1 amide bonds. The Kier molecular flexibility index (Phi) is 13.8. The number of amides is 1. The number of hydrogen-bond acceptors (Lipinski definition) is 10. The fourth-order valence-electron chi connectivity index (χ4n) is 2.96. The summed E-state index contributed by atoms with van der Waals surface area (Å²) in [6.45, 7) is 6.05. The minimum atomic E-state index is -1.82. The summed E-state index contributed by atoms with van der Waals surface area (Å²) >= 11 is 1.40. The Morgan fingerprint density at radius 3 is 1.85 bits per heavy atom. The minimum absolute atomic E-state index is 0.105. The highest BCUT2D eigenvalue weighted by Gasteiger charge is 2.22. The number of carbonyl (C=O) groups is 6. The minimum Gasteiger partial charge on any atom is -0.473 e. The van der Waals surface area contributed by atoms with Gasteiger partial charge in [-0.1, -0.05) is 30.3 Å². The van der Waals surface area contributed by atoms with Crippen LogP contribution in [0.2, 0.25) is 0 Å². The zero-order valence-corrected chi connectivity index (χ0v) is 22.0. The standard InChI is InChI=1S/C20H25N3O3S.2C2H2O4/c1-3-26-20(25)16-13-17(15-7-5-4-6-8-15)27-19(16)21-18(24)14-23-11-9-22(2)10-12-23;2*3-1(4)2(5)6/h4-8,13H,3,9-12,14H2,1-2H3,(H,21,24);2*(H,3,4)(H,5,6). The number of aliphatic carboxylic acids is 4. The van der Waals surface area contributed by atoms with E-state index < -0.39 is 29.8 Å². The molecule has 0 spiro atoms. The average molecular weight is 568 g/mol. The van der Waals surface area contributed by atoms with Crippen molar-refractivity contribution in [2.24, 2.45) is 0 Å². The molecule has 0 saturated carbocycles. The lowest BCUT2D eigenvalue weighted by Crippen LogP contribution is -2.47. The van der Waals surface area contributed by atoms with E-state index in [0.29, 0.717) is 23.7 Å². The maximum absolute atomic E-state index is 12.5. The molecule has 1 fully saturated rings. The van der Waals surface area contributed by atoms with Crippen molar-refractivity contribution < 1.29 is 53.9 Å². The molecule has 1 aliphatic heterocycles. The number of rotatable bonds is 6. The fourth-order valence-corrected chi connectivity index (χ4v) is 4.03. The van der Waals surface area contributed by atoms with Crippen LogP contribution >= 0.6 is 11.3 Å². The first-order chi connectivity index (χ1) is 18.3. The normalized spacial score (nSPS) is 13.0. The number of piperazine rings is 1. The van der Waals surface area contributed by atoms with Gasteiger partial charge < -0.3 is 35.4 Å². The molecule has 15 heteroatoms. The molecular weight excluding hydrogens is 538 g/mol. The van der Waals surface area contributed by atoms with Crippen LogP contribution < -0.4 is 5.32 Å². The predicted octanol–water partition coefficient (Wildman–Crippen LogP) is 1.09. The van der Waals surface area contributed by atoms with Gasteiger partial charge in [0.15, 0.2) is 0 Å². The topological polar surface area (TPSA) is 211 Å². The Morgan fingerprint density at radius 1 is 0.872 bits per heavy atom. The molecule has 3 rings (SSSR count). The van der Waals surface area contributed by atoms with Crippen molar-refractivity contribution in [1.29, 1.82) is 0 Å². The molecule has 0 radical (unpaired) electrons. The molecule has 2 heterocycles. The molecule has 5 N–H and O–H groups in total. The van der Waals surface area contributed by atoms with Gasteiger partial charge in [0.25, 0.3) is 0 Å². The molecule has 1 aromatic heterocycles. The van der Waals surface area contributed by atoms with E-state index in [1.54, 1.807) is 13.0 Å². The van der Waals surface area contributed by atoms with E-state index in [-0.39, 0.29) is 5.91 Å². The number of esters is 1. The van der Waals surface area contributed by atoms with Crippen LogP contribution in [0.4, 0.5) is 5.00 Å². The van der Waals surface area contributed by atoms with Crippen molar-refractivity contribution in [3.8, 4) is 10.4 Å². The highest BCUT2D eigenvalue weighted by atomic mass is 32.1. The molecule has 0 unspecified atom stereocenters. The van der Waals surface area contributed by atoms with Gasteiger partial charge in [0.05, 0.1) is 18.7 Å². The molecular formula is C24H29N3O11S. The number of thiophene rings is 1. The van der Waals surface area contributed by atoms with Crippen LogP contribution in [0.1, 0.15) is 17.3 Å². The van der Waals surface area contributed by atoms with Crippen molar-refractivity contribution in [2.75, 3.05) is 51.7 Å². The van der Waals surface area contributed by atoms with Gasteiger partial charge >= 0.3 is 29.8 Å². The highest BCUT2D eigenvalue weighted by molar-refractivity contribution is 7.20. The number of hydrogen-bond donors (Lipinski definition) is 5. The zero-order valence-electron chi connectivity index (χ0n) is 21.2. The lowest BCUT2D eigenvalue weighted by molar-refractivity contribution is -0.159. The first-order valence-electron chi connectivity index (χ1n) is 11.3. The smallest absolute Gasteiger partial charge is 0.414 e. The van der Waals surface area contributed by atoms with Crippen molar-refractivity contribution in [3.63, 3.8) is 0 Å². The van der Waals surface area contributed by atoms with E-state index >= 15 is 0 Å². The summed E-state index contributed by atoms with van der Waals surface area (Å²) in [5, 5.41) is 33.0. The summed E-state index contributed by atoms with van der Waals surface area (Å²) in [6.07, 6.45) is 0. The Bertz CT molecular complexity index is 1110. The Balaban J connectivity index is 0.000000530. The third kappa shape index (κ3) is 12.2. The van der Waals surface area contributed by atoms with Crippen LogP contribution in [0.15, 0.2) is 36.4 Å². The number of carboxylic acid groups (broad SMARTS) is 4. The van der Waals surface area contributed by atoms with Crippen LogP contribution in [0.5, 0.6) is 0 Å². The number of anilines is 1. The monoisotopic (exact) mass is 567 g/mol. The quantitative estimate of drug-likeness (QED) is 0.245. The average Bonchev–Trinajstić information content (AvgIpc) is 3.30. The van der Waals surface area contributed by atoms with Crippen molar-refractivity contribution >= 4 is 52.1 Å². The molecule has 0 atom stereocenters. The molecule has 1 saturated heterocycles. The lowest BCUT2D eigenvalue weighted by Gasteiger charge is -2.31. The maximum Gasteiger partial charge on any atom is 0.414 e. The summed E-state index contributed by atoms with van der Waals surface area (Å²) < 4.78 is 5.16. The maximum atomic E-state index is 12.5. The second-order valence-electron chi connectivity index (χ2n) is 7.79. The van der Waals surface area contributed by atoms with Crippen LogP contribution in [0, 0.1) is 0 Å². The number of carboxylic acids is 4. The van der Waals surface area contributed by atoms with Gasteiger partial charge in [0.2, 0.25) is 5.91 Å². The summed E-state index contributed by atoms with van der Waals surface area (Å²) in [7, 11) is 2.08. The molecule has 0 bridgehead atoms. The third-order valence-corrected chi connectivity index (χ3v) is 5.97. The van der Waals surface area contributed by atoms with Crippen LogP contribution in [0.25, 0.3) is 10.4 Å². The van der Waals surface area contributed by atoms with Gasteiger partial charge in [0.1, 0.15) is 5.00 Å². The second-order valence-corrected chi connectivity index (χ2v) is 8.84. The number of benzene rings is 1. The number of nitrogens with one attached hydrogen (secondary N) is 1. The molecule has 1 aromatic carbocycles. The van der Waals surface area contributed by atoms with Crippen molar-refractivity contribution in [2.45, 2.75) is 6.92 Å². The second kappa shape index (κ2) is 16.5. The van der Waals surface area contributed by atoms with Gasteiger partial charge in [-0.2, -0.15) is 0 Å². The summed E-state index contributed by atoms with van der Waals surface area (Å²) in [5.74, 6) is -7.81. The van der Waals surface area contributed by atoms with E-state index in [2.05, 4.69) is 22.2 Å². The van der Waals surface area contributed by atoms with E-state index in [1.165, 1.54) is 11.3 Å². The molecule has 14 nitrogen and oxygen atoms in total. The number of ether oxygens (including phenoxy) is 1. The molecule has 212 valence electrons. The zero-order chi connectivity index (χ0) is 29.5. The molecule has 1 aliphatic rings. The largest absolute Gasteiger partial charge is 0.473 e. The number of likely N-dealkylation sites (N-methyl/N-ethyl adjacent to an activating group) is 1. The van der Waals surface area contributed by atoms with Gasteiger partial charge in [-0.15, -0.1) is 11.3 Å². The lowest BCUT2D eigenvalue weighted by atomic mass is 10.1. The Labute approximate surface area is 227 Å². The van der Waals surface area contributed by atoms with Gasteiger partial charge in [-0.3, -0.25) is 9.69 Å². The number of carbonyl (C=O) groups excluding carboxylic acids is 2. The van der Waals surface area contributed by atoms with E-state index in [0.717, 1.165) is 36.6 Å². The van der Waals surface area contributed by atoms with E-state index in [4.69, 9.17) is 44.3 Å². The van der Waals surface area contributed by atoms with E-state index in [1.807, 2.05) is 30.3 Å². The summed E-state index contributed by atoms with van der Waals surface area (Å²) in [6, 6.07) is 11.6. The summed E-state index contributed by atoms with van der Waals surface area (Å²) in [4.78, 5) is 66.6. The molecule has 39 heavy (non-hydrogen) atoms. The predicted molar refractivity (Wildman–Crippen MR) is 139 cm³/mol. The van der Waals surface area contributed by atoms with E-state index in [9.17, 15) is 9.59 Å². The third-order valence-electron chi connectivity index (χ3n) is 4.87. The van der Waals surface area contributed by atoms with Crippen LogP contribution in [0.3, 0.4) is 0 Å². The number of nitrogens with zero attached hydrogens (tertiary/aromatic N) is 2. The Hall–Kier alpha value is -4.34. The fraction of sp³-hybridized carbons (Fsp3) is 0.333. The van der Waals surface area contributed by atoms with Crippen molar-refractivity contribution in [1.82, 2.24) is 9.80 Å².